The molecule has 6 nitrogen and oxygen atoms in total. The normalized spacial score (nSPS) is 27.0. The molecule has 0 aliphatic carbocycles. The van der Waals surface area contributed by atoms with E-state index in [1.165, 1.54) is 16.4 Å². The predicted molar refractivity (Wildman–Crippen MR) is 87.4 cm³/mol. The zero-order valence-corrected chi connectivity index (χ0v) is 14.5. The van der Waals surface area contributed by atoms with Crippen LogP contribution in [0.5, 0.6) is 0 Å². The Balaban J connectivity index is 1.87. The van der Waals surface area contributed by atoms with Gasteiger partial charge in [0.15, 0.2) is 0 Å². The highest BCUT2D eigenvalue weighted by atomic mass is 32.2. The number of hydrogen-bond donors (Lipinski definition) is 1. The van der Waals surface area contributed by atoms with Crippen LogP contribution in [0, 0.1) is 5.82 Å². The molecule has 2 heterocycles. The minimum absolute atomic E-state index is 0.0128. The highest BCUT2D eigenvalue weighted by Gasteiger charge is 2.44. The number of hydrogen-bond acceptors (Lipinski definition) is 4. The van der Waals surface area contributed by atoms with E-state index >= 15 is 0 Å². The van der Waals surface area contributed by atoms with Crippen molar-refractivity contribution in [3.8, 4) is 0 Å². The average molecular weight is 355 g/mol. The summed E-state index contributed by atoms with van der Waals surface area (Å²) >= 11 is 0. The summed E-state index contributed by atoms with van der Waals surface area (Å²) in [4.78, 5) is 13.9. The van der Waals surface area contributed by atoms with E-state index in [4.69, 9.17) is 0 Å². The third-order valence-electron chi connectivity index (χ3n) is 5.15. The molecule has 0 aromatic heterocycles. The van der Waals surface area contributed by atoms with Gasteiger partial charge in [0.1, 0.15) is 5.82 Å². The first kappa shape index (κ1) is 17.3. The monoisotopic (exact) mass is 355 g/mol. The molecule has 2 aliphatic rings. The van der Waals surface area contributed by atoms with Crippen molar-refractivity contribution >= 4 is 15.9 Å². The van der Waals surface area contributed by atoms with Crippen LogP contribution in [0.1, 0.15) is 19.3 Å². The number of nitrogens with one attached hydrogen (secondary N) is 1. The maximum atomic E-state index is 13.1. The van der Waals surface area contributed by atoms with Crippen molar-refractivity contribution in [1.29, 1.82) is 0 Å². The number of halogens is 1. The zero-order valence-electron chi connectivity index (χ0n) is 13.7. The van der Waals surface area contributed by atoms with Crippen LogP contribution in [0.4, 0.5) is 4.39 Å². The lowest BCUT2D eigenvalue weighted by Gasteiger charge is -2.48. The van der Waals surface area contributed by atoms with E-state index in [1.807, 2.05) is 7.05 Å². The van der Waals surface area contributed by atoms with Gasteiger partial charge < -0.3 is 5.32 Å². The molecular formula is C16H22FN3O3S. The largest absolute Gasteiger partial charge is 0.356 e. The fourth-order valence-electron chi connectivity index (χ4n) is 3.52. The Labute approximate surface area is 141 Å². The third kappa shape index (κ3) is 3.18. The Bertz CT molecular complexity index is 723. The van der Waals surface area contributed by atoms with Crippen LogP contribution in [-0.2, 0) is 14.8 Å². The molecular weight excluding hydrogens is 333 g/mol. The van der Waals surface area contributed by atoms with Gasteiger partial charge in [-0.15, -0.1) is 0 Å². The van der Waals surface area contributed by atoms with Gasteiger partial charge in [-0.25, -0.2) is 12.8 Å². The fraction of sp³-hybridized carbons (Fsp3) is 0.562. The molecule has 2 saturated heterocycles. The summed E-state index contributed by atoms with van der Waals surface area (Å²) in [5.41, 5.74) is -0.343. The minimum atomic E-state index is -3.67. The number of piperazine rings is 1. The van der Waals surface area contributed by atoms with Gasteiger partial charge in [-0.2, -0.15) is 4.31 Å². The lowest BCUT2D eigenvalue weighted by atomic mass is 9.87. The van der Waals surface area contributed by atoms with Crippen molar-refractivity contribution in [2.45, 2.75) is 29.7 Å². The second kappa shape index (κ2) is 6.42. The molecule has 132 valence electrons. The molecule has 2 fully saturated rings. The summed E-state index contributed by atoms with van der Waals surface area (Å²) in [5.74, 6) is -0.448. The molecule has 0 unspecified atom stereocenters. The van der Waals surface area contributed by atoms with Crippen molar-refractivity contribution in [1.82, 2.24) is 14.5 Å². The van der Waals surface area contributed by atoms with Crippen LogP contribution in [0.15, 0.2) is 29.2 Å². The Morgan fingerprint density at radius 3 is 2.58 bits per heavy atom. The van der Waals surface area contributed by atoms with Gasteiger partial charge in [0, 0.05) is 38.1 Å². The number of amides is 1. The Morgan fingerprint density at radius 1 is 1.17 bits per heavy atom. The molecule has 1 spiro atoms. The maximum Gasteiger partial charge on any atom is 0.243 e. The molecule has 0 saturated carbocycles. The topological polar surface area (TPSA) is 69.7 Å². The highest BCUT2D eigenvalue weighted by Crippen LogP contribution is 2.32. The molecule has 1 aromatic carbocycles. The summed E-state index contributed by atoms with van der Waals surface area (Å²) in [6, 6.07) is 4.92. The first-order chi connectivity index (χ1) is 11.3. The highest BCUT2D eigenvalue weighted by molar-refractivity contribution is 7.89. The van der Waals surface area contributed by atoms with E-state index in [-0.39, 0.29) is 16.3 Å². The second-order valence-electron chi connectivity index (χ2n) is 6.54. The number of likely N-dealkylation sites (N-methyl/N-ethyl adjacent to an activating group) is 1. The van der Waals surface area contributed by atoms with E-state index in [9.17, 15) is 17.6 Å². The van der Waals surface area contributed by atoms with Crippen molar-refractivity contribution in [2.75, 3.05) is 33.2 Å². The Hall–Kier alpha value is -1.51. The van der Waals surface area contributed by atoms with Gasteiger partial charge in [-0.3, -0.25) is 9.69 Å². The molecule has 1 N–H and O–H groups in total. The number of benzene rings is 1. The van der Waals surface area contributed by atoms with Gasteiger partial charge in [-0.05, 0) is 44.2 Å². The standard InChI is InChI=1S/C16H22FN3O3S/c1-19-10-11-20(12-16(19)7-6-15(21)18-9-8-16)24(22,23)14-4-2-13(17)3-5-14/h2-5H,6-12H2,1H3,(H,18,21)/t16-/m1/s1. The van der Waals surface area contributed by atoms with Crippen LogP contribution in [0.2, 0.25) is 0 Å². The molecule has 1 atom stereocenters. The van der Waals surface area contributed by atoms with E-state index in [2.05, 4.69) is 10.2 Å². The van der Waals surface area contributed by atoms with Crippen molar-refractivity contribution < 1.29 is 17.6 Å². The average Bonchev–Trinajstić information content (AvgIpc) is 2.73. The molecule has 1 amide bonds. The van der Waals surface area contributed by atoms with Gasteiger partial charge in [0.25, 0.3) is 0 Å². The summed E-state index contributed by atoms with van der Waals surface area (Å²) < 4.78 is 40.3. The Kier molecular flexibility index (Phi) is 4.63. The second-order valence-corrected chi connectivity index (χ2v) is 8.48. The molecule has 0 bridgehead atoms. The Morgan fingerprint density at radius 2 is 1.88 bits per heavy atom. The minimum Gasteiger partial charge on any atom is -0.356 e. The van der Waals surface area contributed by atoms with Crippen LogP contribution in [0.3, 0.4) is 0 Å². The third-order valence-corrected chi connectivity index (χ3v) is 7.01. The number of carbonyl (C=O) groups excluding carboxylic acids is 1. The number of rotatable bonds is 2. The van der Waals surface area contributed by atoms with Crippen LogP contribution >= 0.6 is 0 Å². The summed E-state index contributed by atoms with van der Waals surface area (Å²) in [5, 5.41) is 2.85. The van der Waals surface area contributed by atoms with Crippen molar-refractivity contribution in [3.63, 3.8) is 0 Å². The van der Waals surface area contributed by atoms with E-state index < -0.39 is 15.8 Å². The van der Waals surface area contributed by atoms with Crippen molar-refractivity contribution in [2.24, 2.45) is 0 Å². The van der Waals surface area contributed by atoms with Gasteiger partial charge >= 0.3 is 0 Å². The summed E-state index contributed by atoms with van der Waals surface area (Å²) in [6.45, 7) is 1.89. The zero-order chi connectivity index (χ0) is 17.4. The quantitative estimate of drug-likeness (QED) is 0.852. The van der Waals surface area contributed by atoms with Gasteiger partial charge in [0.05, 0.1) is 4.90 Å². The van der Waals surface area contributed by atoms with E-state index in [1.54, 1.807) is 0 Å². The maximum absolute atomic E-state index is 13.1. The van der Waals surface area contributed by atoms with Crippen LogP contribution in [-0.4, -0.2) is 62.3 Å². The molecule has 2 aliphatic heterocycles. The summed E-state index contributed by atoms with van der Waals surface area (Å²) in [7, 11) is -1.68. The fourth-order valence-corrected chi connectivity index (χ4v) is 5.03. The lowest BCUT2D eigenvalue weighted by molar-refractivity contribution is -0.121. The molecule has 8 heteroatoms. The number of sulfonamides is 1. The number of nitrogens with zero attached hydrogens (tertiary/aromatic N) is 2. The molecule has 24 heavy (non-hydrogen) atoms. The van der Waals surface area contributed by atoms with Gasteiger partial charge in [0.2, 0.25) is 15.9 Å². The molecule has 3 rings (SSSR count). The molecule has 0 radical (unpaired) electrons. The number of carbonyl (C=O) groups is 1. The molecule has 1 aromatic rings. The first-order valence-electron chi connectivity index (χ1n) is 8.07. The van der Waals surface area contributed by atoms with Crippen LogP contribution < -0.4 is 5.32 Å². The van der Waals surface area contributed by atoms with E-state index in [0.717, 1.165) is 12.1 Å². The predicted octanol–water partition coefficient (Wildman–Crippen LogP) is 0.801. The smallest absolute Gasteiger partial charge is 0.243 e. The SMILES string of the molecule is CN1CCN(S(=O)(=O)c2ccc(F)cc2)C[C@@]12CCNC(=O)CC2. The van der Waals surface area contributed by atoms with E-state index in [0.29, 0.717) is 45.4 Å². The van der Waals surface area contributed by atoms with Gasteiger partial charge in [-0.1, -0.05) is 0 Å². The first-order valence-corrected chi connectivity index (χ1v) is 9.51. The van der Waals surface area contributed by atoms with Crippen LogP contribution in [0.25, 0.3) is 0 Å². The van der Waals surface area contributed by atoms with Crippen molar-refractivity contribution in [3.05, 3.63) is 30.1 Å². The lowest BCUT2D eigenvalue weighted by Crippen LogP contribution is -2.62. The summed E-state index contributed by atoms with van der Waals surface area (Å²) in [6.07, 6.45) is 1.74.